The summed E-state index contributed by atoms with van der Waals surface area (Å²) in [6.07, 6.45) is -0.271. The Morgan fingerprint density at radius 3 is 2.30 bits per heavy atom. The number of rotatable bonds is 6. The lowest BCUT2D eigenvalue weighted by atomic mass is 10.0. The van der Waals surface area contributed by atoms with Crippen LogP contribution in [0.15, 0.2) is 89.8 Å². The highest BCUT2D eigenvalue weighted by Gasteiger charge is 2.29. The minimum Gasteiger partial charge on any atom is -0.379 e. The van der Waals surface area contributed by atoms with Gasteiger partial charge in [0.25, 0.3) is 0 Å². The fourth-order valence-electron chi connectivity index (χ4n) is 3.73. The molecule has 0 radical (unpaired) electrons. The van der Waals surface area contributed by atoms with Crippen molar-refractivity contribution in [1.82, 2.24) is 4.90 Å². The molecule has 1 saturated heterocycles. The Kier molecular flexibility index (Phi) is 6.18. The summed E-state index contributed by atoms with van der Waals surface area (Å²) in [6, 6.07) is 26.0. The van der Waals surface area contributed by atoms with Gasteiger partial charge in [0.15, 0.2) is 0 Å². The first kappa shape index (κ1) is 20.6. The number of morpholine rings is 1. The second-order valence-corrected chi connectivity index (χ2v) is 8.88. The van der Waals surface area contributed by atoms with Gasteiger partial charge in [-0.2, -0.15) is 8.42 Å². The molecule has 6 heteroatoms. The summed E-state index contributed by atoms with van der Waals surface area (Å²) in [5.74, 6) is 0.306. The highest BCUT2D eigenvalue weighted by molar-refractivity contribution is 7.87. The number of ether oxygens (including phenoxy) is 1. The molecule has 1 heterocycles. The molecule has 5 nitrogen and oxygen atoms in total. The predicted octanol–water partition coefficient (Wildman–Crippen LogP) is 4.59. The quantitative estimate of drug-likeness (QED) is 0.543. The maximum Gasteiger partial charge on any atom is 0.339 e. The van der Waals surface area contributed by atoms with Crippen LogP contribution in [-0.4, -0.2) is 33.0 Å². The molecule has 4 rings (SSSR count). The van der Waals surface area contributed by atoms with Crippen molar-refractivity contribution in [3.05, 3.63) is 96.1 Å². The Morgan fingerprint density at radius 2 is 1.57 bits per heavy atom. The van der Waals surface area contributed by atoms with E-state index < -0.39 is 10.1 Å². The zero-order valence-electron chi connectivity index (χ0n) is 16.8. The molecule has 0 amide bonds. The van der Waals surface area contributed by atoms with Gasteiger partial charge in [0.2, 0.25) is 0 Å². The molecule has 156 valence electrons. The van der Waals surface area contributed by atoms with E-state index in [2.05, 4.69) is 24.0 Å². The summed E-state index contributed by atoms with van der Waals surface area (Å²) >= 11 is 0. The van der Waals surface area contributed by atoms with E-state index in [1.165, 1.54) is 17.7 Å². The first-order valence-corrected chi connectivity index (χ1v) is 11.4. The smallest absolute Gasteiger partial charge is 0.339 e. The van der Waals surface area contributed by atoms with Crippen LogP contribution in [-0.2, 0) is 14.9 Å². The number of hydrogen-bond acceptors (Lipinski definition) is 5. The number of hydrogen-bond donors (Lipinski definition) is 0. The first-order valence-electron chi connectivity index (χ1n) is 10.0. The van der Waals surface area contributed by atoms with E-state index in [0.717, 1.165) is 12.1 Å². The van der Waals surface area contributed by atoms with Crippen molar-refractivity contribution in [2.45, 2.75) is 24.0 Å². The fourth-order valence-corrected chi connectivity index (χ4v) is 4.70. The van der Waals surface area contributed by atoms with Crippen LogP contribution < -0.4 is 4.18 Å². The van der Waals surface area contributed by atoms with Crippen LogP contribution in [0.5, 0.6) is 5.75 Å². The van der Waals surface area contributed by atoms with Gasteiger partial charge in [-0.15, -0.1) is 0 Å². The minimum absolute atomic E-state index is 0.128. The molecule has 0 aliphatic carbocycles. The highest BCUT2D eigenvalue weighted by Crippen LogP contribution is 2.34. The maximum absolute atomic E-state index is 12.7. The third-order valence-corrected chi connectivity index (χ3v) is 6.67. The SMILES string of the molecule is C[C@H](c1ccccc1)N1CCO[C@@H](c2ccccc2OS(=O)(=O)c2ccccc2)C1. The van der Waals surface area contributed by atoms with Gasteiger partial charge in [-0.25, -0.2) is 0 Å². The van der Waals surface area contributed by atoms with Gasteiger partial charge in [-0.3, -0.25) is 4.90 Å². The van der Waals surface area contributed by atoms with Crippen molar-refractivity contribution >= 4 is 10.1 Å². The maximum atomic E-state index is 12.7. The van der Waals surface area contributed by atoms with E-state index in [1.54, 1.807) is 30.3 Å². The Bertz CT molecular complexity index is 1070. The van der Waals surface area contributed by atoms with Crippen molar-refractivity contribution in [3.63, 3.8) is 0 Å². The van der Waals surface area contributed by atoms with Crippen molar-refractivity contribution in [3.8, 4) is 5.75 Å². The second-order valence-electron chi connectivity index (χ2n) is 7.33. The Balaban J connectivity index is 1.56. The number of para-hydroxylation sites is 1. The molecule has 1 fully saturated rings. The highest BCUT2D eigenvalue weighted by atomic mass is 32.2. The molecule has 0 saturated carbocycles. The Labute approximate surface area is 178 Å². The van der Waals surface area contributed by atoms with Crippen LogP contribution in [0.1, 0.15) is 30.2 Å². The normalized spacial score (nSPS) is 18.6. The lowest BCUT2D eigenvalue weighted by molar-refractivity contribution is -0.0436. The van der Waals surface area contributed by atoms with E-state index in [1.807, 2.05) is 30.3 Å². The van der Waals surface area contributed by atoms with Crippen molar-refractivity contribution < 1.29 is 17.3 Å². The monoisotopic (exact) mass is 423 g/mol. The topological polar surface area (TPSA) is 55.8 Å². The number of nitrogens with zero attached hydrogens (tertiary/aromatic N) is 1. The van der Waals surface area contributed by atoms with E-state index >= 15 is 0 Å². The molecule has 3 aromatic carbocycles. The third-order valence-electron chi connectivity index (χ3n) is 5.42. The van der Waals surface area contributed by atoms with Gasteiger partial charge in [0.1, 0.15) is 10.6 Å². The standard InChI is InChI=1S/C24H25NO4S/c1-19(20-10-4-2-5-11-20)25-16-17-28-24(18-25)22-14-8-9-15-23(22)29-30(26,27)21-12-6-3-7-13-21/h2-15,19,24H,16-18H2,1H3/t19-,24-/m1/s1. The van der Waals surface area contributed by atoms with Crippen molar-refractivity contribution in [1.29, 1.82) is 0 Å². The van der Waals surface area contributed by atoms with Crippen LogP contribution in [0.2, 0.25) is 0 Å². The lowest BCUT2D eigenvalue weighted by Gasteiger charge is -2.37. The van der Waals surface area contributed by atoms with Crippen LogP contribution in [0.3, 0.4) is 0 Å². The molecule has 0 aromatic heterocycles. The molecule has 0 N–H and O–H groups in total. The van der Waals surface area contributed by atoms with Gasteiger partial charge < -0.3 is 8.92 Å². The van der Waals surface area contributed by atoms with E-state index in [4.69, 9.17) is 8.92 Å². The molecular formula is C24H25NO4S. The molecule has 1 aliphatic rings. The summed E-state index contributed by atoms with van der Waals surface area (Å²) in [6.45, 7) is 4.22. The zero-order valence-corrected chi connectivity index (χ0v) is 17.7. The summed E-state index contributed by atoms with van der Waals surface area (Å²) in [5, 5.41) is 0. The van der Waals surface area contributed by atoms with E-state index in [9.17, 15) is 8.42 Å². The second kappa shape index (κ2) is 9.00. The molecule has 0 bridgehead atoms. The van der Waals surface area contributed by atoms with Crippen LogP contribution in [0.25, 0.3) is 0 Å². The lowest BCUT2D eigenvalue weighted by Crippen LogP contribution is -2.40. The van der Waals surface area contributed by atoms with E-state index in [-0.39, 0.29) is 17.0 Å². The predicted molar refractivity (Wildman–Crippen MR) is 116 cm³/mol. The summed E-state index contributed by atoms with van der Waals surface area (Å²) < 4.78 is 37.0. The first-order chi connectivity index (χ1) is 14.5. The summed E-state index contributed by atoms with van der Waals surface area (Å²) in [4.78, 5) is 2.48. The minimum atomic E-state index is -3.92. The van der Waals surface area contributed by atoms with Crippen LogP contribution in [0.4, 0.5) is 0 Å². The Morgan fingerprint density at radius 1 is 0.933 bits per heavy atom. The summed E-state index contributed by atoms with van der Waals surface area (Å²) in [7, 11) is -3.92. The molecular weight excluding hydrogens is 398 g/mol. The van der Waals surface area contributed by atoms with Gasteiger partial charge in [-0.1, -0.05) is 66.7 Å². The largest absolute Gasteiger partial charge is 0.379 e. The van der Waals surface area contributed by atoms with Crippen molar-refractivity contribution in [2.24, 2.45) is 0 Å². The molecule has 1 aliphatic heterocycles. The molecule has 3 aromatic rings. The molecule has 30 heavy (non-hydrogen) atoms. The molecule has 2 atom stereocenters. The van der Waals surface area contributed by atoms with Crippen LogP contribution >= 0.6 is 0 Å². The average molecular weight is 424 g/mol. The number of benzene rings is 3. The summed E-state index contributed by atoms with van der Waals surface area (Å²) in [5.41, 5.74) is 1.98. The van der Waals surface area contributed by atoms with Crippen LogP contribution in [0, 0.1) is 0 Å². The van der Waals surface area contributed by atoms with Gasteiger partial charge in [-0.05, 0) is 30.7 Å². The zero-order chi connectivity index (χ0) is 21.0. The molecule has 0 spiro atoms. The van der Waals surface area contributed by atoms with Gasteiger partial charge >= 0.3 is 10.1 Å². The van der Waals surface area contributed by atoms with Gasteiger partial charge in [0, 0.05) is 24.7 Å². The fraction of sp³-hybridized carbons (Fsp3) is 0.250. The average Bonchev–Trinajstić information content (AvgIpc) is 2.80. The third kappa shape index (κ3) is 4.56. The van der Waals surface area contributed by atoms with Gasteiger partial charge in [0.05, 0.1) is 12.7 Å². The molecule has 0 unspecified atom stereocenters. The Hall–Kier alpha value is -2.67. The van der Waals surface area contributed by atoms with E-state index in [0.29, 0.717) is 18.9 Å². The van der Waals surface area contributed by atoms with Crippen molar-refractivity contribution in [2.75, 3.05) is 19.7 Å².